The molecule has 1 aromatic carbocycles. The molecule has 0 saturated heterocycles. The average molecular weight is 239 g/mol. The maximum absolute atomic E-state index is 13.8. The van der Waals surface area contributed by atoms with E-state index in [4.69, 9.17) is 4.42 Å². The summed E-state index contributed by atoms with van der Waals surface area (Å²) < 4.78 is 32.4. The van der Waals surface area contributed by atoms with Crippen LogP contribution in [-0.4, -0.2) is 13.1 Å². The van der Waals surface area contributed by atoms with Crippen molar-refractivity contribution in [2.45, 2.75) is 25.8 Å². The molecular weight excluding hydrogens is 224 g/mol. The first-order valence-corrected chi connectivity index (χ1v) is 5.68. The lowest BCUT2D eigenvalue weighted by atomic mass is 10.0. The minimum Gasteiger partial charge on any atom is -0.461 e. The van der Waals surface area contributed by atoms with Crippen molar-refractivity contribution >= 4 is 11.0 Å². The topological polar surface area (TPSA) is 25.2 Å². The van der Waals surface area contributed by atoms with Gasteiger partial charge in [-0.25, -0.2) is 4.39 Å². The fourth-order valence-corrected chi connectivity index (χ4v) is 1.97. The Bertz CT molecular complexity index is 517. The summed E-state index contributed by atoms with van der Waals surface area (Å²) in [4.78, 5) is 0. The molecule has 4 heteroatoms. The summed E-state index contributed by atoms with van der Waals surface area (Å²) in [7, 11) is 1.82. The maximum atomic E-state index is 13.8. The number of likely N-dealkylation sites (N-methyl/N-ethyl adjacent to an activating group) is 1. The molecule has 0 saturated carbocycles. The summed E-state index contributed by atoms with van der Waals surface area (Å²) in [6.07, 6.45) is 2.70. The lowest BCUT2D eigenvalue weighted by Crippen LogP contribution is -2.27. The number of nitrogens with one attached hydrogen (secondary N) is 1. The van der Waals surface area contributed by atoms with Crippen LogP contribution in [0.4, 0.5) is 8.78 Å². The van der Waals surface area contributed by atoms with Gasteiger partial charge in [-0.1, -0.05) is 6.92 Å². The molecule has 0 unspecified atom stereocenters. The van der Waals surface area contributed by atoms with Crippen molar-refractivity contribution in [1.29, 1.82) is 0 Å². The minimum atomic E-state index is -0.895. The van der Waals surface area contributed by atoms with Crippen molar-refractivity contribution < 1.29 is 13.2 Å². The van der Waals surface area contributed by atoms with Crippen LogP contribution >= 0.6 is 0 Å². The highest BCUT2D eigenvalue weighted by Crippen LogP contribution is 2.25. The van der Waals surface area contributed by atoms with Gasteiger partial charge in [-0.05, 0) is 37.6 Å². The van der Waals surface area contributed by atoms with Crippen LogP contribution in [0, 0.1) is 11.6 Å². The van der Waals surface area contributed by atoms with Gasteiger partial charge in [0.15, 0.2) is 11.4 Å². The molecule has 1 atom stereocenters. The monoisotopic (exact) mass is 239 g/mol. The van der Waals surface area contributed by atoms with Gasteiger partial charge in [0.1, 0.15) is 0 Å². The highest BCUT2D eigenvalue weighted by atomic mass is 19.2. The van der Waals surface area contributed by atoms with Crippen LogP contribution in [0.15, 0.2) is 22.8 Å². The first-order chi connectivity index (χ1) is 8.17. The average Bonchev–Trinajstić information content (AvgIpc) is 2.80. The van der Waals surface area contributed by atoms with E-state index in [1.807, 2.05) is 14.0 Å². The van der Waals surface area contributed by atoms with Gasteiger partial charge in [0, 0.05) is 11.4 Å². The van der Waals surface area contributed by atoms with Crippen molar-refractivity contribution in [2.24, 2.45) is 0 Å². The third kappa shape index (κ3) is 2.17. The summed E-state index contributed by atoms with van der Waals surface area (Å²) >= 11 is 0. The molecule has 0 bridgehead atoms. The molecule has 1 heterocycles. The molecule has 2 rings (SSSR count). The Labute approximate surface area is 98.6 Å². The van der Waals surface area contributed by atoms with Crippen molar-refractivity contribution in [3.05, 3.63) is 35.6 Å². The Kier molecular flexibility index (Phi) is 3.43. The minimum absolute atomic E-state index is 0.0104. The fourth-order valence-electron chi connectivity index (χ4n) is 1.97. The first kappa shape index (κ1) is 12.0. The van der Waals surface area contributed by atoms with E-state index in [9.17, 15) is 8.78 Å². The van der Waals surface area contributed by atoms with Crippen molar-refractivity contribution in [1.82, 2.24) is 5.32 Å². The molecule has 1 aromatic heterocycles. The number of fused-ring (bicyclic) bond motifs is 1. The zero-order chi connectivity index (χ0) is 12.4. The standard InChI is InChI=1S/C13H15F2NO/c1-3-10(16-2)7-9-6-8-4-5-17-13(8)12(15)11(9)14/h4-6,10,16H,3,7H2,1-2H3/t10-/m0/s1. The summed E-state index contributed by atoms with van der Waals surface area (Å²) in [5.41, 5.74) is 0.376. The van der Waals surface area contributed by atoms with E-state index in [2.05, 4.69) is 5.32 Å². The smallest absolute Gasteiger partial charge is 0.202 e. The van der Waals surface area contributed by atoms with E-state index >= 15 is 0 Å². The van der Waals surface area contributed by atoms with Gasteiger partial charge in [-0.2, -0.15) is 4.39 Å². The van der Waals surface area contributed by atoms with E-state index in [1.54, 1.807) is 12.1 Å². The molecule has 0 aliphatic heterocycles. The number of halogens is 2. The third-order valence-corrected chi connectivity index (χ3v) is 3.07. The molecule has 0 aliphatic rings. The van der Waals surface area contributed by atoms with Crippen LogP contribution in [0.1, 0.15) is 18.9 Å². The van der Waals surface area contributed by atoms with E-state index < -0.39 is 11.6 Å². The second-order valence-electron chi connectivity index (χ2n) is 4.10. The first-order valence-electron chi connectivity index (χ1n) is 5.68. The van der Waals surface area contributed by atoms with E-state index in [-0.39, 0.29) is 11.6 Å². The van der Waals surface area contributed by atoms with E-state index in [0.717, 1.165) is 6.42 Å². The van der Waals surface area contributed by atoms with Crippen LogP contribution < -0.4 is 5.32 Å². The molecule has 92 valence electrons. The van der Waals surface area contributed by atoms with Gasteiger partial charge in [-0.15, -0.1) is 0 Å². The molecule has 0 radical (unpaired) electrons. The second-order valence-corrected chi connectivity index (χ2v) is 4.10. The van der Waals surface area contributed by atoms with Crippen LogP contribution in [-0.2, 0) is 6.42 Å². The predicted molar refractivity (Wildman–Crippen MR) is 63.0 cm³/mol. The Hall–Kier alpha value is -1.42. The lowest BCUT2D eigenvalue weighted by Gasteiger charge is -2.14. The van der Waals surface area contributed by atoms with Gasteiger partial charge < -0.3 is 9.73 Å². The lowest BCUT2D eigenvalue weighted by molar-refractivity contribution is 0.470. The number of hydrogen-bond donors (Lipinski definition) is 1. The zero-order valence-corrected chi connectivity index (χ0v) is 9.89. The zero-order valence-electron chi connectivity index (χ0n) is 9.89. The van der Waals surface area contributed by atoms with Crippen molar-refractivity contribution in [3.8, 4) is 0 Å². The molecular formula is C13H15F2NO. The molecule has 2 nitrogen and oxygen atoms in total. The summed E-state index contributed by atoms with van der Waals surface area (Å²) in [6, 6.07) is 3.44. The van der Waals surface area contributed by atoms with Crippen LogP contribution in [0.5, 0.6) is 0 Å². The quantitative estimate of drug-likeness (QED) is 0.886. The highest BCUT2D eigenvalue weighted by Gasteiger charge is 2.17. The Balaban J connectivity index is 2.43. The van der Waals surface area contributed by atoms with Crippen LogP contribution in [0.25, 0.3) is 11.0 Å². The van der Waals surface area contributed by atoms with Gasteiger partial charge in [-0.3, -0.25) is 0 Å². The molecule has 2 aromatic rings. The van der Waals surface area contributed by atoms with Gasteiger partial charge in [0.05, 0.1) is 6.26 Å². The third-order valence-electron chi connectivity index (χ3n) is 3.07. The van der Waals surface area contributed by atoms with Crippen LogP contribution in [0.2, 0.25) is 0 Å². The molecule has 0 fully saturated rings. The predicted octanol–water partition coefficient (Wildman–Crippen LogP) is 3.25. The SMILES string of the molecule is CC[C@@H](Cc1cc2ccoc2c(F)c1F)NC. The summed E-state index contributed by atoms with van der Waals surface area (Å²) in [5, 5.41) is 3.68. The summed E-state index contributed by atoms with van der Waals surface area (Å²) in [6.45, 7) is 2.01. The van der Waals surface area contributed by atoms with E-state index in [1.165, 1.54) is 6.26 Å². The normalized spacial score (nSPS) is 13.2. The van der Waals surface area contributed by atoms with Crippen molar-refractivity contribution in [2.75, 3.05) is 7.05 Å². The summed E-state index contributed by atoms with van der Waals surface area (Å²) in [5.74, 6) is -1.70. The number of hydrogen-bond acceptors (Lipinski definition) is 2. The molecule has 17 heavy (non-hydrogen) atoms. The van der Waals surface area contributed by atoms with Crippen LogP contribution in [0.3, 0.4) is 0 Å². The molecule has 0 aliphatic carbocycles. The molecule has 1 N–H and O–H groups in total. The second kappa shape index (κ2) is 4.84. The Morgan fingerprint density at radius 2 is 2.12 bits per heavy atom. The fraction of sp³-hybridized carbons (Fsp3) is 0.385. The molecule has 0 amide bonds. The van der Waals surface area contributed by atoms with Gasteiger partial charge >= 0.3 is 0 Å². The van der Waals surface area contributed by atoms with Gasteiger partial charge in [0.2, 0.25) is 5.82 Å². The van der Waals surface area contributed by atoms with E-state index in [0.29, 0.717) is 17.4 Å². The number of benzene rings is 1. The highest BCUT2D eigenvalue weighted by molar-refractivity contribution is 5.78. The maximum Gasteiger partial charge on any atom is 0.202 e. The molecule has 0 spiro atoms. The largest absolute Gasteiger partial charge is 0.461 e. The number of furan rings is 1. The number of rotatable bonds is 4. The van der Waals surface area contributed by atoms with Crippen molar-refractivity contribution in [3.63, 3.8) is 0 Å². The van der Waals surface area contributed by atoms with Gasteiger partial charge in [0.25, 0.3) is 0 Å². The Morgan fingerprint density at radius 3 is 2.76 bits per heavy atom. The Morgan fingerprint density at radius 1 is 1.35 bits per heavy atom.